The van der Waals surface area contributed by atoms with Crippen molar-refractivity contribution in [3.63, 3.8) is 0 Å². The predicted octanol–water partition coefficient (Wildman–Crippen LogP) is 3.08. The van der Waals surface area contributed by atoms with Crippen LogP contribution in [0.3, 0.4) is 0 Å². The number of carbonyl (C=O) groups is 2. The lowest BCUT2D eigenvalue weighted by atomic mass is 10.2. The molecule has 6 heteroatoms. The van der Waals surface area contributed by atoms with Crippen LogP contribution in [0.2, 0.25) is 0 Å². The van der Waals surface area contributed by atoms with Crippen LogP contribution in [0.4, 0.5) is 0 Å². The van der Waals surface area contributed by atoms with Crippen molar-refractivity contribution in [3.8, 4) is 5.75 Å². The standard InChI is InChI=1S/C15H23NO4S/c1-5-7-11-8-12(13(21-11)15(18)19)20-10(4)14(17)16-9(3)6-2/h8-10H,5-7H2,1-4H3,(H,16,17)(H,18,19). The average molecular weight is 313 g/mol. The number of aryl methyl sites for hydroxylation is 1. The molecule has 0 aliphatic carbocycles. The zero-order valence-corrected chi connectivity index (χ0v) is 13.8. The van der Waals surface area contributed by atoms with Crippen molar-refractivity contribution in [2.24, 2.45) is 0 Å². The van der Waals surface area contributed by atoms with Crippen LogP contribution in [0.25, 0.3) is 0 Å². The third-order valence-corrected chi connectivity index (χ3v) is 4.28. The Morgan fingerprint density at radius 3 is 2.57 bits per heavy atom. The summed E-state index contributed by atoms with van der Waals surface area (Å²) in [7, 11) is 0. The number of hydrogen-bond acceptors (Lipinski definition) is 4. The van der Waals surface area contributed by atoms with Gasteiger partial charge in [0.1, 0.15) is 5.75 Å². The molecule has 0 saturated carbocycles. The monoisotopic (exact) mass is 313 g/mol. The molecule has 0 radical (unpaired) electrons. The number of carboxylic acids is 1. The Morgan fingerprint density at radius 1 is 1.38 bits per heavy atom. The number of amides is 1. The number of carbonyl (C=O) groups excluding carboxylic acids is 1. The summed E-state index contributed by atoms with van der Waals surface area (Å²) in [5.41, 5.74) is 0. The van der Waals surface area contributed by atoms with Gasteiger partial charge in [0.25, 0.3) is 5.91 Å². The third-order valence-electron chi connectivity index (χ3n) is 3.11. The summed E-state index contributed by atoms with van der Waals surface area (Å²) in [6.45, 7) is 7.55. The van der Waals surface area contributed by atoms with Crippen molar-refractivity contribution in [2.45, 2.75) is 59.1 Å². The maximum absolute atomic E-state index is 12.0. The summed E-state index contributed by atoms with van der Waals surface area (Å²) in [6.07, 6.45) is 1.85. The molecule has 1 heterocycles. The van der Waals surface area contributed by atoms with E-state index in [0.717, 1.165) is 24.1 Å². The molecule has 0 aliphatic rings. The van der Waals surface area contributed by atoms with Gasteiger partial charge in [0, 0.05) is 10.9 Å². The fraction of sp³-hybridized carbons (Fsp3) is 0.600. The minimum atomic E-state index is -1.02. The van der Waals surface area contributed by atoms with Crippen molar-refractivity contribution < 1.29 is 19.4 Å². The third kappa shape index (κ3) is 5.04. The number of hydrogen-bond donors (Lipinski definition) is 2. The molecular formula is C15H23NO4S. The molecule has 21 heavy (non-hydrogen) atoms. The minimum absolute atomic E-state index is 0.0700. The first-order valence-electron chi connectivity index (χ1n) is 7.22. The van der Waals surface area contributed by atoms with E-state index >= 15 is 0 Å². The second-order valence-corrected chi connectivity index (χ2v) is 6.18. The summed E-state index contributed by atoms with van der Waals surface area (Å²) >= 11 is 1.21. The van der Waals surface area contributed by atoms with E-state index in [1.165, 1.54) is 11.3 Å². The molecule has 0 fully saturated rings. The average Bonchev–Trinajstić information content (AvgIpc) is 2.81. The minimum Gasteiger partial charge on any atom is -0.479 e. The zero-order chi connectivity index (χ0) is 16.0. The van der Waals surface area contributed by atoms with Crippen LogP contribution < -0.4 is 10.1 Å². The van der Waals surface area contributed by atoms with Gasteiger partial charge in [-0.2, -0.15) is 0 Å². The van der Waals surface area contributed by atoms with Crippen LogP contribution >= 0.6 is 11.3 Å². The highest BCUT2D eigenvalue weighted by Gasteiger charge is 2.22. The fourth-order valence-electron chi connectivity index (χ4n) is 1.74. The van der Waals surface area contributed by atoms with Crippen LogP contribution in [-0.4, -0.2) is 29.1 Å². The molecular weight excluding hydrogens is 290 g/mol. The number of aromatic carboxylic acids is 1. The van der Waals surface area contributed by atoms with Crippen LogP contribution in [-0.2, 0) is 11.2 Å². The Hall–Kier alpha value is -1.56. The van der Waals surface area contributed by atoms with Crippen molar-refractivity contribution >= 4 is 23.2 Å². The molecule has 2 atom stereocenters. The van der Waals surface area contributed by atoms with Gasteiger partial charge in [0.05, 0.1) is 0 Å². The van der Waals surface area contributed by atoms with Crippen molar-refractivity contribution in [3.05, 3.63) is 15.8 Å². The number of carboxylic acid groups (broad SMARTS) is 1. The highest BCUT2D eigenvalue weighted by Crippen LogP contribution is 2.31. The van der Waals surface area contributed by atoms with Gasteiger partial charge in [-0.1, -0.05) is 20.3 Å². The van der Waals surface area contributed by atoms with Crippen LogP contribution in [0.5, 0.6) is 5.75 Å². The van der Waals surface area contributed by atoms with Gasteiger partial charge in [-0.3, -0.25) is 4.79 Å². The molecule has 0 aromatic carbocycles. The topological polar surface area (TPSA) is 75.6 Å². The van der Waals surface area contributed by atoms with E-state index in [2.05, 4.69) is 5.32 Å². The first-order chi connectivity index (χ1) is 9.88. The van der Waals surface area contributed by atoms with E-state index in [1.54, 1.807) is 13.0 Å². The van der Waals surface area contributed by atoms with Gasteiger partial charge in [-0.25, -0.2) is 4.79 Å². The molecule has 2 unspecified atom stereocenters. The largest absolute Gasteiger partial charge is 0.479 e. The zero-order valence-electron chi connectivity index (χ0n) is 12.9. The molecule has 0 saturated heterocycles. The van der Waals surface area contributed by atoms with Crippen LogP contribution in [0.1, 0.15) is 55.1 Å². The van der Waals surface area contributed by atoms with E-state index in [4.69, 9.17) is 4.74 Å². The van der Waals surface area contributed by atoms with Gasteiger partial charge >= 0.3 is 5.97 Å². The molecule has 1 rings (SSSR count). The Balaban J connectivity index is 2.81. The summed E-state index contributed by atoms with van der Waals surface area (Å²) in [6, 6.07) is 1.80. The van der Waals surface area contributed by atoms with E-state index in [-0.39, 0.29) is 22.6 Å². The Morgan fingerprint density at radius 2 is 2.05 bits per heavy atom. The first-order valence-corrected chi connectivity index (χ1v) is 8.03. The van der Waals surface area contributed by atoms with E-state index in [0.29, 0.717) is 0 Å². The van der Waals surface area contributed by atoms with Gasteiger partial charge < -0.3 is 15.2 Å². The van der Waals surface area contributed by atoms with Crippen molar-refractivity contribution in [1.29, 1.82) is 0 Å². The maximum atomic E-state index is 12.0. The molecule has 0 bridgehead atoms. The van der Waals surface area contributed by atoms with Gasteiger partial charge in [0.15, 0.2) is 11.0 Å². The van der Waals surface area contributed by atoms with E-state index in [1.807, 2.05) is 20.8 Å². The molecule has 0 aliphatic heterocycles. The number of rotatable bonds is 8. The highest BCUT2D eigenvalue weighted by molar-refractivity contribution is 7.14. The summed E-state index contributed by atoms with van der Waals surface area (Å²) < 4.78 is 5.56. The lowest BCUT2D eigenvalue weighted by Gasteiger charge is -2.17. The molecule has 2 N–H and O–H groups in total. The van der Waals surface area contributed by atoms with Crippen molar-refractivity contribution in [2.75, 3.05) is 0 Å². The lowest BCUT2D eigenvalue weighted by molar-refractivity contribution is -0.127. The van der Waals surface area contributed by atoms with E-state index in [9.17, 15) is 14.7 Å². The first kappa shape index (κ1) is 17.5. The number of ether oxygens (including phenoxy) is 1. The lowest BCUT2D eigenvalue weighted by Crippen LogP contribution is -2.41. The number of thiophene rings is 1. The van der Waals surface area contributed by atoms with Gasteiger partial charge in [0.2, 0.25) is 0 Å². The van der Waals surface area contributed by atoms with Crippen LogP contribution in [0.15, 0.2) is 6.07 Å². The van der Waals surface area contributed by atoms with Crippen molar-refractivity contribution in [1.82, 2.24) is 5.32 Å². The Bertz CT molecular complexity index is 498. The molecule has 1 aromatic rings. The summed E-state index contributed by atoms with van der Waals surface area (Å²) in [4.78, 5) is 24.3. The summed E-state index contributed by atoms with van der Waals surface area (Å²) in [5.74, 6) is -0.974. The normalized spacial score (nSPS) is 13.5. The SMILES string of the molecule is CCCc1cc(OC(C)C(=O)NC(C)CC)c(C(=O)O)s1. The Labute approximate surface area is 129 Å². The molecule has 1 aromatic heterocycles. The second-order valence-electron chi connectivity index (χ2n) is 5.04. The van der Waals surface area contributed by atoms with Gasteiger partial charge in [-0.05, 0) is 32.8 Å². The second kappa shape index (κ2) is 8.02. The summed E-state index contributed by atoms with van der Waals surface area (Å²) in [5, 5.41) is 12.0. The molecule has 5 nitrogen and oxygen atoms in total. The molecule has 0 spiro atoms. The number of nitrogens with one attached hydrogen (secondary N) is 1. The van der Waals surface area contributed by atoms with Gasteiger partial charge in [-0.15, -0.1) is 11.3 Å². The molecule has 118 valence electrons. The predicted molar refractivity (Wildman–Crippen MR) is 83.3 cm³/mol. The van der Waals surface area contributed by atoms with Crippen LogP contribution in [0, 0.1) is 0 Å². The van der Waals surface area contributed by atoms with E-state index < -0.39 is 12.1 Å². The Kier molecular flexibility index (Phi) is 6.68. The smallest absolute Gasteiger partial charge is 0.349 e. The fourth-order valence-corrected chi connectivity index (χ4v) is 2.76. The molecule has 1 amide bonds. The maximum Gasteiger partial charge on any atom is 0.349 e. The highest BCUT2D eigenvalue weighted by atomic mass is 32.1. The quantitative estimate of drug-likeness (QED) is 0.773.